The van der Waals surface area contributed by atoms with Crippen LogP contribution in [-0.2, 0) is 4.79 Å². The number of benzene rings is 1. The third-order valence-electron chi connectivity index (χ3n) is 5.76. The van der Waals surface area contributed by atoms with Crippen LogP contribution in [0.15, 0.2) is 54.9 Å². The minimum absolute atomic E-state index is 0.0785. The number of anilines is 2. The summed E-state index contributed by atoms with van der Waals surface area (Å²) in [6.07, 6.45) is 3.51. The van der Waals surface area contributed by atoms with Crippen molar-refractivity contribution in [2.75, 3.05) is 36.5 Å². The molecule has 0 bridgehead atoms. The van der Waals surface area contributed by atoms with E-state index < -0.39 is 0 Å². The lowest BCUT2D eigenvalue weighted by Crippen LogP contribution is -2.51. The average Bonchev–Trinajstić information content (AvgIpc) is 2.78. The largest absolute Gasteiger partial charge is 0.482 e. The van der Waals surface area contributed by atoms with Gasteiger partial charge >= 0.3 is 0 Å². The Kier molecular flexibility index (Phi) is 5.21. The molecule has 31 heavy (non-hydrogen) atoms. The van der Waals surface area contributed by atoms with Crippen LogP contribution in [0.4, 0.5) is 11.5 Å². The van der Waals surface area contributed by atoms with Gasteiger partial charge in [-0.2, -0.15) is 0 Å². The molecule has 5 rings (SSSR count). The first-order valence-corrected chi connectivity index (χ1v) is 10.4. The number of aromatic nitrogens is 3. The van der Waals surface area contributed by atoms with Crippen LogP contribution in [0.3, 0.4) is 0 Å². The van der Waals surface area contributed by atoms with Crippen molar-refractivity contribution < 1.29 is 9.53 Å². The highest BCUT2D eigenvalue weighted by atomic mass is 16.5. The number of fused-ring (bicyclic) bond motifs is 1. The van der Waals surface area contributed by atoms with Crippen molar-refractivity contribution in [2.45, 2.75) is 13.0 Å². The highest BCUT2D eigenvalue weighted by molar-refractivity contribution is 5.95. The molecule has 0 saturated carbocycles. The maximum atomic E-state index is 11.5. The molecule has 0 spiro atoms. The van der Waals surface area contributed by atoms with Crippen LogP contribution in [0.5, 0.6) is 5.75 Å². The number of pyridine rings is 1. The molecular formula is C23H24N6O2. The zero-order valence-electron chi connectivity index (χ0n) is 17.3. The summed E-state index contributed by atoms with van der Waals surface area (Å²) >= 11 is 0. The van der Waals surface area contributed by atoms with Gasteiger partial charge in [0.15, 0.2) is 12.4 Å². The zero-order valence-corrected chi connectivity index (χ0v) is 17.3. The van der Waals surface area contributed by atoms with Crippen molar-refractivity contribution >= 4 is 17.4 Å². The number of hydrogen-bond donors (Lipinski definition) is 2. The molecule has 1 saturated heterocycles. The summed E-state index contributed by atoms with van der Waals surface area (Å²) in [6.45, 7) is 5.04. The maximum Gasteiger partial charge on any atom is 0.262 e. The summed E-state index contributed by atoms with van der Waals surface area (Å²) in [7, 11) is 0. The molecule has 0 aliphatic carbocycles. The fourth-order valence-electron chi connectivity index (χ4n) is 3.89. The molecule has 8 nitrogen and oxygen atoms in total. The second kappa shape index (κ2) is 8.31. The van der Waals surface area contributed by atoms with Crippen molar-refractivity contribution in [3.63, 3.8) is 0 Å². The number of nitrogens with zero attached hydrogens (tertiary/aromatic N) is 4. The molecule has 0 radical (unpaired) electrons. The monoisotopic (exact) mass is 416 g/mol. The maximum absolute atomic E-state index is 11.5. The number of amides is 1. The minimum Gasteiger partial charge on any atom is -0.482 e. The van der Waals surface area contributed by atoms with E-state index in [-0.39, 0.29) is 18.6 Å². The number of carbonyl (C=O) groups excluding carboxylic acids is 1. The Morgan fingerprint density at radius 1 is 1.16 bits per heavy atom. The standard InChI is InChI=1S/C23H24N6O2/c1-15(18-2-4-21-20(10-18)26-23(30)14-31-21)25-11-16-12-29(13-16)22-5-3-19(27-28-22)17-6-8-24-9-7-17/h2-10,15-16,25H,11-14H2,1H3,(H,26,30). The number of nitrogens with one attached hydrogen (secondary N) is 2. The summed E-state index contributed by atoms with van der Waals surface area (Å²) in [6, 6.07) is 14.0. The van der Waals surface area contributed by atoms with Gasteiger partial charge in [-0.15, -0.1) is 10.2 Å². The highest BCUT2D eigenvalue weighted by Gasteiger charge is 2.28. The molecule has 2 aliphatic heterocycles. The van der Waals surface area contributed by atoms with E-state index in [1.165, 1.54) is 0 Å². The average molecular weight is 416 g/mol. The fraction of sp³-hybridized carbons (Fsp3) is 0.304. The topological polar surface area (TPSA) is 92.3 Å². The first kappa shape index (κ1) is 19.4. The molecule has 2 N–H and O–H groups in total. The molecule has 8 heteroatoms. The Balaban J connectivity index is 1.12. The normalized spacial score (nSPS) is 16.7. The summed E-state index contributed by atoms with van der Waals surface area (Å²) in [5.41, 5.74) is 3.73. The van der Waals surface area contributed by atoms with Crippen LogP contribution in [0.1, 0.15) is 18.5 Å². The van der Waals surface area contributed by atoms with E-state index >= 15 is 0 Å². The number of ether oxygens (including phenoxy) is 1. The fourth-order valence-corrected chi connectivity index (χ4v) is 3.89. The van der Waals surface area contributed by atoms with Gasteiger partial charge in [0.25, 0.3) is 5.91 Å². The van der Waals surface area contributed by atoms with E-state index in [2.05, 4.69) is 37.6 Å². The molecule has 158 valence electrons. The molecule has 1 aromatic carbocycles. The van der Waals surface area contributed by atoms with Crippen molar-refractivity contribution in [2.24, 2.45) is 5.92 Å². The second-order valence-corrected chi connectivity index (χ2v) is 8.01. The molecule has 2 aliphatic rings. The van der Waals surface area contributed by atoms with E-state index in [9.17, 15) is 4.79 Å². The Morgan fingerprint density at radius 2 is 2.00 bits per heavy atom. The highest BCUT2D eigenvalue weighted by Crippen LogP contribution is 2.31. The third-order valence-corrected chi connectivity index (χ3v) is 5.76. The van der Waals surface area contributed by atoms with Crippen LogP contribution < -0.4 is 20.3 Å². The molecule has 1 amide bonds. The molecule has 1 fully saturated rings. The van der Waals surface area contributed by atoms with Crippen LogP contribution in [0.25, 0.3) is 11.3 Å². The molecule has 3 aromatic rings. The first-order chi connectivity index (χ1) is 15.2. The first-order valence-electron chi connectivity index (χ1n) is 10.4. The Morgan fingerprint density at radius 3 is 2.77 bits per heavy atom. The Bertz CT molecular complexity index is 1070. The third kappa shape index (κ3) is 4.20. The molecule has 1 unspecified atom stereocenters. The van der Waals surface area contributed by atoms with Crippen LogP contribution in [0.2, 0.25) is 0 Å². The van der Waals surface area contributed by atoms with E-state index in [4.69, 9.17) is 4.74 Å². The summed E-state index contributed by atoms with van der Waals surface area (Å²) in [4.78, 5) is 17.8. The molecular weight excluding hydrogens is 392 g/mol. The van der Waals surface area contributed by atoms with Gasteiger partial charge in [0.1, 0.15) is 5.75 Å². The van der Waals surface area contributed by atoms with Crippen LogP contribution in [-0.4, -0.2) is 47.3 Å². The van der Waals surface area contributed by atoms with Crippen LogP contribution in [0, 0.1) is 5.92 Å². The lowest BCUT2D eigenvalue weighted by atomic mass is 9.99. The van der Waals surface area contributed by atoms with Crippen molar-refractivity contribution in [3.05, 3.63) is 60.4 Å². The Hall–Kier alpha value is -3.52. The molecule has 1 atom stereocenters. The van der Waals surface area contributed by atoms with Gasteiger partial charge in [-0.05, 0) is 48.9 Å². The van der Waals surface area contributed by atoms with Gasteiger partial charge < -0.3 is 20.3 Å². The van der Waals surface area contributed by atoms with E-state index in [1.807, 2.05) is 42.5 Å². The van der Waals surface area contributed by atoms with E-state index in [0.717, 1.165) is 53.7 Å². The van der Waals surface area contributed by atoms with Crippen molar-refractivity contribution in [1.29, 1.82) is 0 Å². The molecule has 4 heterocycles. The SMILES string of the molecule is CC(NCC1CN(c2ccc(-c3ccncc3)nn2)C1)c1ccc2c(c1)NC(=O)CO2. The van der Waals surface area contributed by atoms with Gasteiger partial charge in [-0.1, -0.05) is 6.07 Å². The summed E-state index contributed by atoms with van der Waals surface area (Å²) < 4.78 is 5.43. The number of hydrogen-bond acceptors (Lipinski definition) is 7. The lowest BCUT2D eigenvalue weighted by molar-refractivity contribution is -0.118. The number of carbonyl (C=O) groups is 1. The minimum atomic E-state index is -0.114. The smallest absolute Gasteiger partial charge is 0.262 e. The summed E-state index contributed by atoms with van der Waals surface area (Å²) in [5.74, 6) is 2.08. The molecule has 2 aromatic heterocycles. The second-order valence-electron chi connectivity index (χ2n) is 8.01. The van der Waals surface area contributed by atoms with Gasteiger partial charge in [0, 0.05) is 49.6 Å². The van der Waals surface area contributed by atoms with Gasteiger partial charge in [-0.3, -0.25) is 9.78 Å². The predicted molar refractivity (Wildman–Crippen MR) is 118 cm³/mol. The van der Waals surface area contributed by atoms with Gasteiger partial charge in [-0.25, -0.2) is 0 Å². The van der Waals surface area contributed by atoms with Crippen molar-refractivity contribution in [3.8, 4) is 17.0 Å². The quantitative estimate of drug-likeness (QED) is 0.638. The van der Waals surface area contributed by atoms with E-state index in [0.29, 0.717) is 5.92 Å². The number of rotatable bonds is 6. The lowest BCUT2D eigenvalue weighted by Gasteiger charge is -2.40. The van der Waals surface area contributed by atoms with Crippen LogP contribution >= 0.6 is 0 Å². The van der Waals surface area contributed by atoms with E-state index in [1.54, 1.807) is 12.4 Å². The van der Waals surface area contributed by atoms with Crippen molar-refractivity contribution in [1.82, 2.24) is 20.5 Å². The van der Waals surface area contributed by atoms with Gasteiger partial charge in [0.2, 0.25) is 0 Å². The Labute approximate surface area is 180 Å². The summed E-state index contributed by atoms with van der Waals surface area (Å²) in [5, 5.41) is 15.2. The predicted octanol–water partition coefficient (Wildman–Crippen LogP) is 2.66. The van der Waals surface area contributed by atoms with Gasteiger partial charge in [0.05, 0.1) is 11.4 Å². The zero-order chi connectivity index (χ0) is 21.2.